The Morgan fingerprint density at radius 1 is 0.568 bits per heavy atom. The van der Waals surface area contributed by atoms with Crippen molar-refractivity contribution in [3.8, 4) is 0 Å². The molecule has 0 amide bonds. The van der Waals surface area contributed by atoms with Crippen molar-refractivity contribution >= 4 is 17.2 Å². The zero-order valence-corrected chi connectivity index (χ0v) is 24.4. The van der Waals surface area contributed by atoms with Gasteiger partial charge in [-0.05, 0) is 58.7 Å². The van der Waals surface area contributed by atoms with E-state index in [-0.39, 0.29) is 0 Å². The second kappa shape index (κ2) is 22.3. The van der Waals surface area contributed by atoms with Crippen LogP contribution in [0, 0.1) is 0 Å². The Morgan fingerprint density at radius 3 is 1.54 bits per heavy atom. The van der Waals surface area contributed by atoms with Gasteiger partial charge < -0.3 is 15.5 Å². The third-order valence-electron chi connectivity index (χ3n) is 7.28. The summed E-state index contributed by atoms with van der Waals surface area (Å²) >= 11 is 0. The van der Waals surface area contributed by atoms with Crippen molar-refractivity contribution in [2.75, 3.05) is 43.4 Å². The van der Waals surface area contributed by atoms with Gasteiger partial charge in [-0.2, -0.15) is 0 Å². The summed E-state index contributed by atoms with van der Waals surface area (Å²) in [4.78, 5) is 38.1. The van der Waals surface area contributed by atoms with E-state index in [9.17, 15) is 14.4 Å². The summed E-state index contributed by atoms with van der Waals surface area (Å²) in [5.74, 6) is 0.455. The van der Waals surface area contributed by atoms with Crippen LogP contribution in [-0.2, 0) is 4.79 Å². The van der Waals surface area contributed by atoms with E-state index in [2.05, 4.69) is 29.4 Å². The van der Waals surface area contributed by atoms with Gasteiger partial charge in [0.15, 0.2) is 0 Å². The topological polar surface area (TPSA) is 78.5 Å². The minimum atomic E-state index is -0.398. The zero-order valence-electron chi connectivity index (χ0n) is 24.4. The number of nitrogens with zero attached hydrogens (tertiary/aromatic N) is 1. The molecular formula is C31H57N3O3. The van der Waals surface area contributed by atoms with E-state index in [1.165, 1.54) is 77.0 Å². The van der Waals surface area contributed by atoms with Crippen LogP contribution in [0.15, 0.2) is 9.59 Å². The van der Waals surface area contributed by atoms with Crippen molar-refractivity contribution in [2.24, 2.45) is 0 Å². The summed E-state index contributed by atoms with van der Waals surface area (Å²) in [5, 5.41) is 6.19. The highest BCUT2D eigenvalue weighted by molar-refractivity contribution is 5.78. The zero-order chi connectivity index (χ0) is 27.1. The van der Waals surface area contributed by atoms with E-state index in [0.29, 0.717) is 30.2 Å². The van der Waals surface area contributed by atoms with Gasteiger partial charge in [0.1, 0.15) is 17.2 Å². The van der Waals surface area contributed by atoms with E-state index < -0.39 is 10.9 Å². The number of anilines is 2. The Hall–Kier alpha value is -1.69. The highest BCUT2D eigenvalue weighted by Gasteiger charge is 2.19. The quantitative estimate of drug-likeness (QED) is 0.0957. The molecular weight excluding hydrogens is 462 g/mol. The fourth-order valence-corrected chi connectivity index (χ4v) is 4.93. The maximum absolute atomic E-state index is 12.0. The van der Waals surface area contributed by atoms with Crippen molar-refractivity contribution in [3.05, 3.63) is 20.4 Å². The van der Waals surface area contributed by atoms with Gasteiger partial charge in [-0.15, -0.1) is 0 Å². The van der Waals surface area contributed by atoms with Gasteiger partial charge >= 0.3 is 0 Å². The van der Waals surface area contributed by atoms with Crippen LogP contribution in [-0.4, -0.2) is 43.4 Å². The molecule has 0 unspecified atom stereocenters. The number of rotatable bonds is 27. The first-order valence-corrected chi connectivity index (χ1v) is 15.6. The molecule has 0 bridgehead atoms. The highest BCUT2D eigenvalue weighted by Crippen LogP contribution is 2.14. The van der Waals surface area contributed by atoms with Gasteiger partial charge in [0, 0.05) is 25.9 Å². The minimum Gasteiger partial charge on any atom is -0.380 e. The summed E-state index contributed by atoms with van der Waals surface area (Å²) in [5.41, 5.74) is 0.131. The molecule has 0 radical (unpaired) electrons. The predicted octanol–water partition coefficient (Wildman–Crippen LogP) is 7.06. The third kappa shape index (κ3) is 15.3. The molecule has 0 aliphatic carbocycles. The van der Waals surface area contributed by atoms with Gasteiger partial charge in [-0.1, -0.05) is 84.5 Å². The van der Waals surface area contributed by atoms with Crippen LogP contribution in [0.2, 0.25) is 0 Å². The van der Waals surface area contributed by atoms with E-state index in [0.717, 1.165) is 58.2 Å². The second-order valence-corrected chi connectivity index (χ2v) is 10.7. The summed E-state index contributed by atoms with van der Waals surface area (Å²) in [7, 11) is 0. The maximum atomic E-state index is 12.0. The monoisotopic (exact) mass is 519 g/mol. The van der Waals surface area contributed by atoms with Crippen molar-refractivity contribution in [1.29, 1.82) is 0 Å². The number of carbonyl (C=O) groups excluding carboxylic acids is 1. The fraction of sp³-hybridized carbons (Fsp3) is 0.839. The number of carbonyl (C=O) groups is 1. The highest BCUT2D eigenvalue weighted by atomic mass is 16.2. The lowest BCUT2D eigenvalue weighted by Crippen LogP contribution is -2.38. The lowest BCUT2D eigenvalue weighted by atomic mass is 10.0. The molecule has 0 saturated carbocycles. The Morgan fingerprint density at radius 2 is 1.00 bits per heavy atom. The van der Waals surface area contributed by atoms with Crippen LogP contribution in [0.1, 0.15) is 136 Å². The lowest BCUT2D eigenvalue weighted by Gasteiger charge is -2.23. The number of hydrogen-bond donors (Lipinski definition) is 2. The van der Waals surface area contributed by atoms with Gasteiger partial charge in [-0.3, -0.25) is 14.4 Å². The van der Waals surface area contributed by atoms with Crippen molar-refractivity contribution in [2.45, 2.75) is 136 Å². The first kappa shape index (κ1) is 33.3. The molecule has 6 heteroatoms. The molecule has 6 nitrogen and oxygen atoms in total. The number of unbranched alkanes of at least 4 members (excludes halogenated alkanes) is 12. The molecule has 0 fully saturated rings. The minimum absolute atomic E-state index is 0.391. The Bertz CT molecular complexity index is 770. The smallest absolute Gasteiger partial charge is 0.253 e. The second-order valence-electron chi connectivity index (χ2n) is 10.7. The van der Waals surface area contributed by atoms with E-state index in [4.69, 9.17) is 0 Å². The van der Waals surface area contributed by atoms with Crippen molar-refractivity contribution in [3.63, 3.8) is 0 Å². The van der Waals surface area contributed by atoms with Gasteiger partial charge in [-0.25, -0.2) is 0 Å². The van der Waals surface area contributed by atoms with E-state index >= 15 is 0 Å². The molecule has 0 aliphatic heterocycles. The van der Waals surface area contributed by atoms with Crippen LogP contribution in [0.4, 0.5) is 11.4 Å². The summed E-state index contributed by atoms with van der Waals surface area (Å²) in [6, 6.07) is 0. The van der Waals surface area contributed by atoms with Crippen LogP contribution < -0.4 is 21.5 Å². The van der Waals surface area contributed by atoms with Crippen molar-refractivity contribution < 1.29 is 4.79 Å². The van der Waals surface area contributed by atoms with Crippen LogP contribution in [0.3, 0.4) is 0 Å². The molecule has 37 heavy (non-hydrogen) atoms. The van der Waals surface area contributed by atoms with Gasteiger partial charge in [0.2, 0.25) is 0 Å². The third-order valence-corrected chi connectivity index (χ3v) is 7.28. The van der Waals surface area contributed by atoms with Crippen LogP contribution >= 0.6 is 0 Å². The largest absolute Gasteiger partial charge is 0.380 e. The normalized spacial score (nSPS) is 11.5. The summed E-state index contributed by atoms with van der Waals surface area (Å²) < 4.78 is 0. The molecule has 0 atom stereocenters. The molecule has 0 spiro atoms. The molecule has 0 heterocycles. The standard InChI is InChI=1S/C31H57N3O3/c1-4-7-9-11-14-18-24-34(26-20-23-33-29-28(32-6-3)30(36)31(29)37)25-19-15-12-13-17-22-27(35)21-16-10-8-5-2/h32-33H,4-26H2,1-3H3. The number of Topliss-reactive ketones (excluding diaryl/α,β-unsaturated/α-hetero) is 1. The van der Waals surface area contributed by atoms with E-state index in [1.807, 2.05) is 6.92 Å². The van der Waals surface area contributed by atoms with Crippen LogP contribution in [0.25, 0.3) is 0 Å². The predicted molar refractivity (Wildman–Crippen MR) is 160 cm³/mol. The molecule has 0 aliphatic rings. The van der Waals surface area contributed by atoms with Crippen molar-refractivity contribution in [1.82, 2.24) is 4.90 Å². The Balaban J connectivity index is 2.26. The Labute approximate surface area is 227 Å². The van der Waals surface area contributed by atoms with E-state index in [1.54, 1.807) is 0 Å². The first-order valence-electron chi connectivity index (χ1n) is 15.6. The number of nitrogens with one attached hydrogen (secondary N) is 2. The first-order chi connectivity index (χ1) is 18.0. The fourth-order valence-electron chi connectivity index (χ4n) is 4.93. The lowest BCUT2D eigenvalue weighted by molar-refractivity contribution is -0.119. The average Bonchev–Trinajstić information content (AvgIpc) is 2.90. The molecule has 1 rings (SSSR count). The molecule has 1 aromatic rings. The Kier molecular flexibility index (Phi) is 20.1. The molecule has 214 valence electrons. The van der Waals surface area contributed by atoms with Crippen LogP contribution in [0.5, 0.6) is 0 Å². The molecule has 0 aromatic heterocycles. The molecule has 1 aromatic carbocycles. The number of ketones is 1. The maximum Gasteiger partial charge on any atom is 0.253 e. The molecule has 2 N–H and O–H groups in total. The summed E-state index contributed by atoms with van der Waals surface area (Å²) in [6.07, 6.45) is 20.9. The van der Waals surface area contributed by atoms with Gasteiger partial charge in [0.05, 0.1) is 0 Å². The summed E-state index contributed by atoms with van der Waals surface area (Å²) in [6.45, 7) is 11.0. The molecule has 0 saturated heterocycles. The average molecular weight is 520 g/mol. The number of hydrogen-bond acceptors (Lipinski definition) is 6. The van der Waals surface area contributed by atoms with Gasteiger partial charge in [0.25, 0.3) is 10.9 Å². The SMILES string of the molecule is CCCCCCCCN(CCCCCCCC(=O)CCCCCC)CCCNc1c(NCC)c(=O)c1=O.